The molecule has 1 aliphatic heterocycles. The van der Waals surface area contributed by atoms with Gasteiger partial charge in [0.15, 0.2) is 0 Å². The van der Waals surface area contributed by atoms with Gasteiger partial charge in [-0.3, -0.25) is 14.8 Å². The van der Waals surface area contributed by atoms with E-state index in [4.69, 9.17) is 21.5 Å². The second kappa shape index (κ2) is 11.1. The van der Waals surface area contributed by atoms with Gasteiger partial charge in [0.2, 0.25) is 10.0 Å². The summed E-state index contributed by atoms with van der Waals surface area (Å²) in [6.45, 7) is -0.288. The molecule has 0 saturated carbocycles. The number of carbonyl (C=O) groups excluding carboxylic acids is 2. The molecular formula is C24H22ClN3O8S2. The van der Waals surface area contributed by atoms with Gasteiger partial charge in [-0.1, -0.05) is 23.7 Å². The number of rotatable bonds is 10. The van der Waals surface area contributed by atoms with E-state index < -0.39 is 37.9 Å². The van der Waals surface area contributed by atoms with Gasteiger partial charge in [-0.25, -0.2) is 26.6 Å². The zero-order chi connectivity index (χ0) is 27.5. The number of halogens is 1. The average molecular weight is 580 g/mol. The number of hydrogen-bond acceptors (Lipinski definition) is 8. The smallest absolute Gasteiger partial charge is 0.269 e. The summed E-state index contributed by atoms with van der Waals surface area (Å²) in [6.07, 6.45) is -0.271. The third-order valence-corrected chi connectivity index (χ3v) is 9.25. The first-order valence-electron chi connectivity index (χ1n) is 11.2. The molecule has 0 saturated heterocycles. The Kier molecular flexibility index (Phi) is 8.04. The lowest BCUT2D eigenvalue weighted by Gasteiger charge is -2.19. The highest BCUT2D eigenvalue weighted by Gasteiger charge is 2.40. The molecule has 3 N–H and O–H groups in total. The van der Waals surface area contributed by atoms with Crippen LogP contribution in [0.1, 0.15) is 23.2 Å². The van der Waals surface area contributed by atoms with Crippen LogP contribution in [-0.4, -0.2) is 50.7 Å². The number of amides is 2. The molecule has 0 aliphatic carbocycles. The van der Waals surface area contributed by atoms with Crippen molar-refractivity contribution < 1.29 is 36.4 Å². The van der Waals surface area contributed by atoms with E-state index in [0.29, 0.717) is 20.8 Å². The molecule has 1 atom stereocenters. The van der Waals surface area contributed by atoms with Crippen LogP contribution < -0.4 is 14.9 Å². The van der Waals surface area contributed by atoms with E-state index in [-0.39, 0.29) is 34.7 Å². The number of sulfonamides is 2. The van der Waals surface area contributed by atoms with Gasteiger partial charge in [-0.05, 0) is 73.5 Å². The van der Waals surface area contributed by atoms with Gasteiger partial charge in [0.1, 0.15) is 22.4 Å². The van der Waals surface area contributed by atoms with Crippen LogP contribution in [0, 0.1) is 0 Å². The number of fused-ring (bicyclic) bond motifs is 1. The lowest BCUT2D eigenvalue weighted by molar-refractivity contribution is -0.131. The fraction of sp³-hybridized carbons (Fsp3) is 0.167. The normalized spacial score (nSPS) is 15.1. The Morgan fingerprint density at radius 2 is 1.61 bits per heavy atom. The first-order chi connectivity index (χ1) is 18.0. The van der Waals surface area contributed by atoms with E-state index >= 15 is 0 Å². The predicted molar refractivity (Wildman–Crippen MR) is 136 cm³/mol. The highest BCUT2D eigenvalue weighted by molar-refractivity contribution is 7.90. The van der Waals surface area contributed by atoms with Crippen molar-refractivity contribution >= 4 is 43.5 Å². The monoisotopic (exact) mass is 579 g/mol. The second-order valence-corrected chi connectivity index (χ2v) is 12.2. The first kappa shape index (κ1) is 27.5. The van der Waals surface area contributed by atoms with Crippen LogP contribution in [0.3, 0.4) is 0 Å². The van der Waals surface area contributed by atoms with Crippen molar-refractivity contribution in [2.75, 3.05) is 6.54 Å². The Bertz CT molecular complexity index is 1560. The molecule has 2 amide bonds. The van der Waals surface area contributed by atoms with E-state index in [2.05, 4.69) is 4.72 Å². The molecule has 1 heterocycles. The van der Waals surface area contributed by atoms with Crippen LogP contribution in [0.15, 0.2) is 82.6 Å². The lowest BCUT2D eigenvalue weighted by atomic mass is 10.1. The Morgan fingerprint density at radius 1 is 1.00 bits per heavy atom. The Labute approximate surface area is 224 Å². The van der Waals surface area contributed by atoms with E-state index in [0.717, 1.165) is 0 Å². The number of hydrogen-bond donors (Lipinski definition) is 3. The molecule has 0 unspecified atom stereocenters. The van der Waals surface area contributed by atoms with E-state index in [1.807, 2.05) is 0 Å². The number of nitrogens with zero attached hydrogens (tertiary/aromatic N) is 1. The van der Waals surface area contributed by atoms with Crippen molar-refractivity contribution in [3.8, 4) is 11.5 Å². The maximum Gasteiger partial charge on any atom is 0.269 e. The van der Waals surface area contributed by atoms with Gasteiger partial charge in [0.25, 0.3) is 21.8 Å². The minimum absolute atomic E-state index is 0.0429. The topological polar surface area (TPSA) is 159 Å². The van der Waals surface area contributed by atoms with Crippen LogP contribution in [0.5, 0.6) is 11.5 Å². The summed E-state index contributed by atoms with van der Waals surface area (Å²) in [5.74, 6) is -0.904. The van der Waals surface area contributed by atoms with Gasteiger partial charge in [-0.2, -0.15) is 4.72 Å². The van der Waals surface area contributed by atoms with Gasteiger partial charge in [-0.15, -0.1) is 0 Å². The van der Waals surface area contributed by atoms with Crippen LogP contribution in [0.25, 0.3) is 0 Å². The maximum absolute atomic E-state index is 12.9. The fourth-order valence-corrected chi connectivity index (χ4v) is 6.76. The van der Waals surface area contributed by atoms with Crippen LogP contribution in [0.4, 0.5) is 0 Å². The Hall–Kier alpha value is -3.49. The molecular weight excluding hydrogens is 558 g/mol. The Morgan fingerprint density at radius 3 is 2.21 bits per heavy atom. The minimum Gasteiger partial charge on any atom is -0.457 e. The standard InChI is InChI=1S/C24H22ClN3O8S2/c25-16-7-9-17(10-8-16)36-18-11-13-19(14-12-18)37(32,33)27-21(23(29)26-31)5-3-15-28-24(30)20-4-1-2-6-22(20)38(28,34)35/h1-2,4,6-14,21,27,31H,3,5,15H2,(H,26,29)/t21-/m1/s1. The molecule has 3 aromatic rings. The van der Waals surface area contributed by atoms with Gasteiger partial charge < -0.3 is 4.74 Å². The molecule has 3 aromatic carbocycles. The average Bonchev–Trinajstić information content (AvgIpc) is 3.09. The summed E-state index contributed by atoms with van der Waals surface area (Å²) in [5.41, 5.74) is 1.45. The third kappa shape index (κ3) is 5.81. The van der Waals surface area contributed by atoms with Crippen LogP contribution in [0.2, 0.25) is 5.02 Å². The summed E-state index contributed by atoms with van der Waals surface area (Å²) >= 11 is 5.85. The molecule has 0 bridgehead atoms. The molecule has 38 heavy (non-hydrogen) atoms. The van der Waals surface area contributed by atoms with Crippen LogP contribution >= 0.6 is 11.6 Å². The summed E-state index contributed by atoms with van der Waals surface area (Å²) in [5, 5.41) is 9.63. The molecule has 14 heteroatoms. The van der Waals surface area contributed by atoms with Crippen molar-refractivity contribution in [1.82, 2.24) is 14.5 Å². The molecule has 1 aliphatic rings. The number of ether oxygens (including phenoxy) is 1. The molecule has 0 aromatic heterocycles. The SMILES string of the molecule is O=C(NO)[C@@H](CCCN1C(=O)c2ccccc2S1(=O)=O)NS(=O)(=O)c1ccc(Oc2ccc(Cl)cc2)cc1. The van der Waals surface area contributed by atoms with Crippen molar-refractivity contribution in [2.24, 2.45) is 0 Å². The summed E-state index contributed by atoms with van der Waals surface area (Å²) in [6, 6.07) is 16.3. The number of carbonyl (C=O) groups is 2. The molecule has 0 radical (unpaired) electrons. The highest BCUT2D eigenvalue weighted by Crippen LogP contribution is 2.30. The summed E-state index contributed by atoms with van der Waals surface area (Å²) in [4.78, 5) is 24.4. The van der Waals surface area contributed by atoms with Gasteiger partial charge in [0, 0.05) is 11.6 Å². The first-order valence-corrected chi connectivity index (χ1v) is 14.5. The second-order valence-electron chi connectivity index (χ2n) is 8.20. The fourth-order valence-electron chi connectivity index (χ4n) is 3.79. The van der Waals surface area contributed by atoms with Crippen molar-refractivity contribution in [3.63, 3.8) is 0 Å². The van der Waals surface area contributed by atoms with Gasteiger partial charge >= 0.3 is 0 Å². The van der Waals surface area contributed by atoms with E-state index in [9.17, 15) is 26.4 Å². The quantitative estimate of drug-likeness (QED) is 0.244. The maximum atomic E-state index is 12.9. The molecule has 200 valence electrons. The molecule has 11 nitrogen and oxygen atoms in total. The van der Waals surface area contributed by atoms with E-state index in [1.165, 1.54) is 47.9 Å². The largest absolute Gasteiger partial charge is 0.457 e. The Balaban J connectivity index is 1.41. The van der Waals surface area contributed by atoms with Crippen molar-refractivity contribution in [3.05, 3.63) is 83.4 Å². The van der Waals surface area contributed by atoms with Crippen molar-refractivity contribution in [1.29, 1.82) is 0 Å². The lowest BCUT2D eigenvalue weighted by Crippen LogP contribution is -2.46. The van der Waals surface area contributed by atoms with Crippen LogP contribution in [-0.2, 0) is 24.8 Å². The number of nitrogens with one attached hydrogen (secondary N) is 2. The minimum atomic E-state index is -4.23. The predicted octanol–water partition coefficient (Wildman–Crippen LogP) is 2.91. The number of hydroxylamine groups is 1. The summed E-state index contributed by atoms with van der Waals surface area (Å²) < 4.78 is 59.7. The van der Waals surface area contributed by atoms with Crippen molar-refractivity contribution in [2.45, 2.75) is 28.7 Å². The van der Waals surface area contributed by atoms with E-state index in [1.54, 1.807) is 30.3 Å². The molecule has 0 spiro atoms. The zero-order valence-corrected chi connectivity index (χ0v) is 22.0. The molecule has 0 fully saturated rings. The highest BCUT2D eigenvalue weighted by atomic mass is 35.5. The number of benzene rings is 3. The third-order valence-electron chi connectivity index (χ3n) is 5.67. The summed E-state index contributed by atoms with van der Waals surface area (Å²) in [7, 11) is -8.28. The zero-order valence-electron chi connectivity index (χ0n) is 19.6. The van der Waals surface area contributed by atoms with Gasteiger partial charge in [0.05, 0.1) is 10.5 Å². The molecule has 4 rings (SSSR count).